The number of amides is 1. The van der Waals surface area contributed by atoms with Gasteiger partial charge in [0.1, 0.15) is 0 Å². The van der Waals surface area contributed by atoms with Crippen LogP contribution in [0.15, 0.2) is 30.3 Å². The molecular formula is C19H28N2OSi. The molecule has 1 aliphatic heterocycles. The quantitative estimate of drug-likeness (QED) is 0.854. The standard InChI is InChI=1S/C19H28N2OSi/c1-14(2)19(22)20-23(3,4)18-13-17(21-11-7-8-12-21)15-9-5-6-10-16(15)18/h5-6,9-10,13-14,18H,7-8,11-12H2,1-4H3,(H,20,22). The lowest BCUT2D eigenvalue weighted by Crippen LogP contribution is -2.53. The van der Waals surface area contributed by atoms with E-state index in [1.807, 2.05) is 13.8 Å². The van der Waals surface area contributed by atoms with E-state index in [-0.39, 0.29) is 11.8 Å². The SMILES string of the molecule is CC(C)C(=O)N[Si](C)(C)C1C=C(N2CCCC2)c2ccccc21. The van der Waals surface area contributed by atoms with Crippen molar-refractivity contribution in [2.45, 2.75) is 45.3 Å². The molecule has 0 spiro atoms. The summed E-state index contributed by atoms with van der Waals surface area (Å²) in [6.07, 6.45) is 5.01. The van der Waals surface area contributed by atoms with E-state index in [4.69, 9.17) is 0 Å². The van der Waals surface area contributed by atoms with Gasteiger partial charge in [0.15, 0.2) is 8.24 Å². The summed E-state index contributed by atoms with van der Waals surface area (Å²) in [5.41, 5.74) is 4.52. The van der Waals surface area contributed by atoms with Gasteiger partial charge in [-0.05, 0) is 18.4 Å². The highest BCUT2D eigenvalue weighted by Crippen LogP contribution is 2.42. The van der Waals surface area contributed by atoms with Gasteiger partial charge in [0, 0.05) is 35.8 Å². The Kier molecular flexibility index (Phi) is 4.36. The van der Waals surface area contributed by atoms with Crippen LogP contribution in [0.1, 0.15) is 43.4 Å². The first-order valence-electron chi connectivity index (χ1n) is 8.78. The largest absolute Gasteiger partial charge is 0.381 e. The maximum atomic E-state index is 12.3. The van der Waals surface area contributed by atoms with Gasteiger partial charge in [0.25, 0.3) is 0 Å². The Morgan fingerprint density at radius 1 is 1.22 bits per heavy atom. The highest BCUT2D eigenvalue weighted by molar-refractivity contribution is 6.79. The van der Waals surface area contributed by atoms with Crippen LogP contribution in [-0.4, -0.2) is 32.1 Å². The van der Waals surface area contributed by atoms with Crippen LogP contribution >= 0.6 is 0 Å². The van der Waals surface area contributed by atoms with Gasteiger partial charge in [-0.2, -0.15) is 0 Å². The topological polar surface area (TPSA) is 32.3 Å². The molecular weight excluding hydrogens is 300 g/mol. The molecule has 1 aromatic rings. The second kappa shape index (κ2) is 6.15. The average molecular weight is 329 g/mol. The molecule has 1 aliphatic carbocycles. The van der Waals surface area contributed by atoms with Crippen molar-refractivity contribution in [3.63, 3.8) is 0 Å². The molecule has 1 aromatic carbocycles. The van der Waals surface area contributed by atoms with E-state index in [1.165, 1.54) is 29.7 Å². The van der Waals surface area contributed by atoms with E-state index >= 15 is 0 Å². The van der Waals surface area contributed by atoms with Gasteiger partial charge >= 0.3 is 0 Å². The summed E-state index contributed by atoms with van der Waals surface area (Å²) in [5.74, 6) is 0.225. The van der Waals surface area contributed by atoms with Gasteiger partial charge in [0.2, 0.25) is 5.91 Å². The monoisotopic (exact) mass is 328 g/mol. The molecule has 1 saturated heterocycles. The first-order chi connectivity index (χ1) is 10.9. The summed E-state index contributed by atoms with van der Waals surface area (Å²) in [4.78, 5) is 18.2. The number of rotatable bonds is 4. The van der Waals surface area contributed by atoms with E-state index in [1.54, 1.807) is 0 Å². The number of allylic oxidation sites excluding steroid dienone is 1. The fourth-order valence-electron chi connectivity index (χ4n) is 3.71. The summed E-state index contributed by atoms with van der Waals surface area (Å²) in [7, 11) is -1.94. The molecule has 1 atom stereocenters. The minimum absolute atomic E-state index is 0.0421. The molecule has 2 aliphatic rings. The number of fused-ring (bicyclic) bond motifs is 1. The predicted molar refractivity (Wildman–Crippen MR) is 98.4 cm³/mol. The molecule has 23 heavy (non-hydrogen) atoms. The molecule has 1 N–H and O–H groups in total. The molecule has 4 heteroatoms. The zero-order valence-electron chi connectivity index (χ0n) is 14.7. The third-order valence-corrected chi connectivity index (χ3v) is 8.01. The highest BCUT2D eigenvalue weighted by Gasteiger charge is 2.40. The van der Waals surface area contributed by atoms with Crippen LogP contribution in [0.3, 0.4) is 0 Å². The number of carbonyl (C=O) groups excluding carboxylic acids is 1. The van der Waals surface area contributed by atoms with Gasteiger partial charge in [-0.3, -0.25) is 4.79 Å². The van der Waals surface area contributed by atoms with Crippen molar-refractivity contribution in [3.05, 3.63) is 41.5 Å². The second-order valence-corrected chi connectivity index (χ2v) is 12.0. The number of hydrogen-bond donors (Lipinski definition) is 1. The molecule has 0 radical (unpaired) electrons. The minimum atomic E-state index is -1.94. The van der Waals surface area contributed by atoms with Crippen LogP contribution in [0.25, 0.3) is 5.70 Å². The van der Waals surface area contributed by atoms with Gasteiger partial charge < -0.3 is 9.88 Å². The van der Waals surface area contributed by atoms with Crippen LogP contribution in [0.2, 0.25) is 13.1 Å². The lowest BCUT2D eigenvalue weighted by Gasteiger charge is -2.30. The number of nitrogens with one attached hydrogen (secondary N) is 1. The normalized spacial score (nSPS) is 20.7. The third-order valence-electron chi connectivity index (χ3n) is 5.09. The molecule has 0 aromatic heterocycles. The number of benzene rings is 1. The van der Waals surface area contributed by atoms with Crippen LogP contribution in [0.5, 0.6) is 0 Å². The van der Waals surface area contributed by atoms with Crippen LogP contribution in [-0.2, 0) is 4.79 Å². The smallest absolute Gasteiger partial charge is 0.214 e. The fourth-order valence-corrected chi connectivity index (χ4v) is 6.39. The van der Waals surface area contributed by atoms with Crippen molar-refractivity contribution < 1.29 is 4.79 Å². The van der Waals surface area contributed by atoms with E-state index in [2.05, 4.69) is 53.3 Å². The number of nitrogens with zero attached hydrogens (tertiary/aromatic N) is 1. The molecule has 1 unspecified atom stereocenters. The molecule has 3 nitrogen and oxygen atoms in total. The molecule has 1 amide bonds. The van der Waals surface area contributed by atoms with Crippen LogP contribution in [0, 0.1) is 5.92 Å². The molecule has 3 rings (SSSR count). The maximum absolute atomic E-state index is 12.3. The lowest BCUT2D eigenvalue weighted by atomic mass is 10.1. The fraction of sp³-hybridized carbons (Fsp3) is 0.526. The van der Waals surface area contributed by atoms with Crippen LogP contribution in [0.4, 0.5) is 0 Å². The summed E-state index contributed by atoms with van der Waals surface area (Å²) in [5, 5.41) is 0. The van der Waals surface area contributed by atoms with Gasteiger partial charge in [-0.25, -0.2) is 0 Å². The summed E-state index contributed by atoms with van der Waals surface area (Å²) in [6.45, 7) is 10.8. The molecule has 1 heterocycles. The van der Waals surface area contributed by atoms with Crippen LogP contribution < -0.4 is 4.98 Å². The van der Waals surface area contributed by atoms with Crippen molar-refractivity contribution >= 4 is 19.8 Å². The Labute approximate surface area is 140 Å². The lowest BCUT2D eigenvalue weighted by molar-refractivity contribution is -0.122. The summed E-state index contributed by atoms with van der Waals surface area (Å²) in [6, 6.07) is 8.75. The Morgan fingerprint density at radius 3 is 2.52 bits per heavy atom. The predicted octanol–water partition coefficient (Wildman–Crippen LogP) is 3.74. The molecule has 0 bridgehead atoms. The van der Waals surface area contributed by atoms with Gasteiger partial charge in [-0.15, -0.1) is 0 Å². The van der Waals surface area contributed by atoms with Crippen molar-refractivity contribution in [3.8, 4) is 0 Å². The van der Waals surface area contributed by atoms with Crippen molar-refractivity contribution in [2.24, 2.45) is 5.92 Å². The Morgan fingerprint density at radius 2 is 1.87 bits per heavy atom. The molecule has 124 valence electrons. The van der Waals surface area contributed by atoms with Gasteiger partial charge in [0.05, 0.1) is 0 Å². The zero-order valence-corrected chi connectivity index (χ0v) is 15.7. The van der Waals surface area contributed by atoms with E-state index in [0.29, 0.717) is 5.54 Å². The Balaban J connectivity index is 1.93. The van der Waals surface area contributed by atoms with E-state index in [9.17, 15) is 4.79 Å². The molecule has 1 fully saturated rings. The first-order valence-corrected chi connectivity index (χ1v) is 11.9. The Hall–Kier alpha value is -1.55. The number of likely N-dealkylation sites (tertiary alicyclic amines) is 1. The van der Waals surface area contributed by atoms with Gasteiger partial charge in [-0.1, -0.05) is 57.3 Å². The Bertz CT molecular complexity index is 630. The third kappa shape index (κ3) is 3.09. The van der Waals surface area contributed by atoms with Crippen molar-refractivity contribution in [1.29, 1.82) is 0 Å². The number of hydrogen-bond acceptors (Lipinski definition) is 2. The molecule has 0 saturated carbocycles. The second-order valence-electron chi connectivity index (χ2n) is 7.68. The van der Waals surface area contributed by atoms with E-state index < -0.39 is 8.24 Å². The summed E-state index contributed by atoms with van der Waals surface area (Å²) < 4.78 is 0. The zero-order chi connectivity index (χ0) is 16.6. The maximum Gasteiger partial charge on any atom is 0.214 e. The average Bonchev–Trinajstić information content (AvgIpc) is 3.13. The van der Waals surface area contributed by atoms with Crippen molar-refractivity contribution in [1.82, 2.24) is 9.88 Å². The summed E-state index contributed by atoms with van der Waals surface area (Å²) >= 11 is 0. The minimum Gasteiger partial charge on any atom is -0.381 e. The first kappa shape index (κ1) is 16.3. The van der Waals surface area contributed by atoms with Crippen molar-refractivity contribution in [2.75, 3.05) is 13.1 Å². The van der Waals surface area contributed by atoms with E-state index in [0.717, 1.165) is 13.1 Å². The highest BCUT2D eigenvalue weighted by atomic mass is 28.3. The number of carbonyl (C=O) groups is 1.